The first-order chi connectivity index (χ1) is 15.9. The third-order valence-electron chi connectivity index (χ3n) is 5.50. The second-order valence-corrected chi connectivity index (χ2v) is 9.67. The maximum atomic E-state index is 13.2. The Morgan fingerprint density at radius 3 is 2.18 bits per heavy atom. The quantitative estimate of drug-likeness (QED) is 0.254. The third-order valence-corrected chi connectivity index (χ3v) is 5.50. The molecule has 0 fully saturated rings. The number of hydrogen-bond acceptors (Lipinski definition) is 7. The van der Waals surface area contributed by atoms with Gasteiger partial charge in [0.2, 0.25) is 0 Å². The Morgan fingerprint density at radius 1 is 0.882 bits per heavy atom. The topological polar surface area (TPSA) is 88.1 Å². The van der Waals surface area contributed by atoms with Gasteiger partial charge in [-0.15, -0.1) is 0 Å². The van der Waals surface area contributed by atoms with Crippen LogP contribution in [0.15, 0.2) is 42.5 Å². The van der Waals surface area contributed by atoms with E-state index in [1.54, 1.807) is 27.7 Å². The molecule has 0 bridgehead atoms. The summed E-state index contributed by atoms with van der Waals surface area (Å²) in [6.45, 7) is 8.79. The van der Waals surface area contributed by atoms with Crippen molar-refractivity contribution in [1.29, 1.82) is 0 Å². The molecule has 0 amide bonds. The van der Waals surface area contributed by atoms with Crippen LogP contribution >= 0.6 is 0 Å². The number of methoxy groups -OCH3 is 1. The molecule has 2 aromatic carbocycles. The van der Waals surface area contributed by atoms with Crippen molar-refractivity contribution in [2.75, 3.05) is 20.3 Å². The Bertz CT molecular complexity index is 992. The Kier molecular flexibility index (Phi) is 9.62. The highest BCUT2D eigenvalue weighted by molar-refractivity contribution is 5.85. The van der Waals surface area contributed by atoms with Gasteiger partial charge in [-0.1, -0.05) is 36.4 Å². The Morgan fingerprint density at radius 2 is 1.56 bits per heavy atom. The van der Waals surface area contributed by atoms with Crippen LogP contribution in [0.4, 0.5) is 0 Å². The van der Waals surface area contributed by atoms with Crippen molar-refractivity contribution in [3.05, 3.63) is 48.0 Å². The first kappa shape index (κ1) is 27.3. The molecule has 0 radical (unpaired) electrons. The molecule has 2 rings (SSSR count). The predicted molar refractivity (Wildman–Crippen MR) is 129 cm³/mol. The molecule has 0 heterocycles. The summed E-state index contributed by atoms with van der Waals surface area (Å²) < 4.78 is 21.8. The minimum absolute atomic E-state index is 0.106. The van der Waals surface area contributed by atoms with Gasteiger partial charge in [-0.05, 0) is 62.9 Å². The SMILES string of the molecule is COC(C(=O)O[C@](C)(CCCOC(=O)C(C)(C)C)CCOC(C)=O)c1ccc2ccccc2c1. The zero-order valence-corrected chi connectivity index (χ0v) is 21.0. The molecule has 7 heteroatoms. The zero-order chi connectivity index (χ0) is 25.4. The summed E-state index contributed by atoms with van der Waals surface area (Å²) in [7, 11) is 1.46. The fourth-order valence-electron chi connectivity index (χ4n) is 3.50. The summed E-state index contributed by atoms with van der Waals surface area (Å²) in [5.74, 6) is -1.23. The van der Waals surface area contributed by atoms with Crippen LogP contribution in [0, 0.1) is 5.41 Å². The first-order valence-corrected chi connectivity index (χ1v) is 11.5. The van der Waals surface area contributed by atoms with Crippen LogP contribution in [-0.4, -0.2) is 43.8 Å². The molecule has 7 nitrogen and oxygen atoms in total. The lowest BCUT2D eigenvalue weighted by molar-refractivity contribution is -0.174. The van der Waals surface area contributed by atoms with Crippen molar-refractivity contribution in [3.8, 4) is 0 Å². The van der Waals surface area contributed by atoms with E-state index in [2.05, 4.69) is 0 Å². The van der Waals surface area contributed by atoms with Gasteiger partial charge < -0.3 is 18.9 Å². The van der Waals surface area contributed by atoms with Crippen LogP contribution in [0.2, 0.25) is 0 Å². The van der Waals surface area contributed by atoms with Crippen molar-refractivity contribution in [1.82, 2.24) is 0 Å². The molecule has 0 aliphatic heterocycles. The van der Waals surface area contributed by atoms with Crippen molar-refractivity contribution in [2.45, 2.75) is 65.6 Å². The number of rotatable bonds is 11. The van der Waals surface area contributed by atoms with E-state index < -0.39 is 29.1 Å². The first-order valence-electron chi connectivity index (χ1n) is 11.5. The van der Waals surface area contributed by atoms with Crippen LogP contribution in [0.3, 0.4) is 0 Å². The Labute approximate surface area is 201 Å². The minimum Gasteiger partial charge on any atom is -0.466 e. The van der Waals surface area contributed by atoms with Gasteiger partial charge in [-0.3, -0.25) is 9.59 Å². The standard InChI is InChI=1S/C27H36O7/c1-19(28)32-17-15-27(5,14-9-16-33-25(30)26(2,3)4)34-24(29)23(31-6)22-13-12-20-10-7-8-11-21(20)18-22/h7-8,10-13,18,23H,9,14-17H2,1-6H3/t23?,27-/m1/s1. The van der Waals surface area contributed by atoms with Gasteiger partial charge in [0.1, 0.15) is 5.60 Å². The molecular formula is C27H36O7. The van der Waals surface area contributed by atoms with Crippen molar-refractivity contribution < 1.29 is 33.3 Å². The van der Waals surface area contributed by atoms with Gasteiger partial charge in [0.05, 0.1) is 18.6 Å². The molecule has 0 N–H and O–H groups in total. The van der Waals surface area contributed by atoms with E-state index in [0.717, 1.165) is 10.8 Å². The second-order valence-electron chi connectivity index (χ2n) is 9.67. The number of ether oxygens (including phenoxy) is 4. The predicted octanol–water partition coefficient (Wildman–Crippen LogP) is 5.15. The van der Waals surface area contributed by atoms with E-state index in [1.807, 2.05) is 42.5 Å². The molecule has 1 unspecified atom stereocenters. The molecule has 0 aromatic heterocycles. The third kappa shape index (κ3) is 8.13. The van der Waals surface area contributed by atoms with Crippen molar-refractivity contribution in [2.24, 2.45) is 5.41 Å². The van der Waals surface area contributed by atoms with E-state index in [-0.39, 0.29) is 19.2 Å². The lowest BCUT2D eigenvalue weighted by Gasteiger charge is -2.31. The maximum absolute atomic E-state index is 13.2. The van der Waals surface area contributed by atoms with Gasteiger partial charge in [0, 0.05) is 20.5 Å². The van der Waals surface area contributed by atoms with Gasteiger partial charge >= 0.3 is 17.9 Å². The van der Waals surface area contributed by atoms with E-state index >= 15 is 0 Å². The largest absolute Gasteiger partial charge is 0.466 e. The highest BCUT2D eigenvalue weighted by atomic mass is 16.6. The van der Waals surface area contributed by atoms with E-state index in [1.165, 1.54) is 14.0 Å². The Hall–Kier alpha value is -2.93. The molecular weight excluding hydrogens is 436 g/mol. The van der Waals surface area contributed by atoms with Crippen LogP contribution in [0.5, 0.6) is 0 Å². The van der Waals surface area contributed by atoms with E-state index in [0.29, 0.717) is 24.8 Å². The van der Waals surface area contributed by atoms with Crippen LogP contribution in [0.25, 0.3) is 10.8 Å². The second kappa shape index (κ2) is 12.0. The monoisotopic (exact) mass is 472 g/mol. The summed E-state index contributed by atoms with van der Waals surface area (Å²) in [5, 5.41) is 2.05. The minimum atomic E-state index is -0.936. The van der Waals surface area contributed by atoms with Crippen LogP contribution in [0.1, 0.15) is 65.5 Å². The smallest absolute Gasteiger partial charge is 0.340 e. The average molecular weight is 473 g/mol. The number of esters is 3. The highest BCUT2D eigenvalue weighted by Crippen LogP contribution is 2.29. The fraction of sp³-hybridized carbons (Fsp3) is 0.519. The molecule has 0 aliphatic carbocycles. The van der Waals surface area contributed by atoms with Gasteiger partial charge in [-0.25, -0.2) is 4.79 Å². The van der Waals surface area contributed by atoms with Crippen molar-refractivity contribution >= 4 is 28.7 Å². The van der Waals surface area contributed by atoms with Gasteiger partial charge in [-0.2, -0.15) is 0 Å². The lowest BCUT2D eigenvalue weighted by Crippen LogP contribution is -2.36. The summed E-state index contributed by atoms with van der Waals surface area (Å²) in [6, 6.07) is 13.6. The molecule has 2 aromatic rings. The number of carbonyl (C=O) groups excluding carboxylic acids is 3. The van der Waals surface area contributed by atoms with Gasteiger partial charge in [0.15, 0.2) is 6.10 Å². The summed E-state index contributed by atoms with van der Waals surface area (Å²) in [5.41, 5.74) is -0.835. The number of hydrogen-bond donors (Lipinski definition) is 0. The lowest BCUT2D eigenvalue weighted by atomic mass is 9.95. The van der Waals surface area contributed by atoms with E-state index in [4.69, 9.17) is 18.9 Å². The number of fused-ring (bicyclic) bond motifs is 1. The summed E-state index contributed by atoms with van der Waals surface area (Å²) in [4.78, 5) is 36.4. The molecule has 186 valence electrons. The molecule has 0 spiro atoms. The summed E-state index contributed by atoms with van der Waals surface area (Å²) >= 11 is 0. The molecule has 34 heavy (non-hydrogen) atoms. The molecule has 0 saturated carbocycles. The summed E-state index contributed by atoms with van der Waals surface area (Å²) in [6.07, 6.45) is 0.307. The number of carbonyl (C=O) groups is 3. The van der Waals surface area contributed by atoms with E-state index in [9.17, 15) is 14.4 Å². The molecule has 0 aliphatic rings. The fourth-order valence-corrected chi connectivity index (χ4v) is 3.50. The Balaban J connectivity index is 2.10. The normalized spacial score (nSPS) is 14.2. The van der Waals surface area contributed by atoms with Crippen molar-refractivity contribution in [3.63, 3.8) is 0 Å². The highest BCUT2D eigenvalue weighted by Gasteiger charge is 2.33. The number of benzene rings is 2. The molecule has 0 saturated heterocycles. The van der Waals surface area contributed by atoms with Crippen LogP contribution in [-0.2, 0) is 33.3 Å². The van der Waals surface area contributed by atoms with Crippen LogP contribution < -0.4 is 0 Å². The maximum Gasteiger partial charge on any atom is 0.340 e. The van der Waals surface area contributed by atoms with Gasteiger partial charge in [0.25, 0.3) is 0 Å². The average Bonchev–Trinajstić information content (AvgIpc) is 2.76. The molecule has 2 atom stereocenters. The zero-order valence-electron chi connectivity index (χ0n) is 21.0.